The van der Waals surface area contributed by atoms with Crippen LogP contribution in [0.5, 0.6) is 0 Å². The summed E-state index contributed by atoms with van der Waals surface area (Å²) in [6.07, 6.45) is -4.43. The van der Waals surface area contributed by atoms with Gasteiger partial charge in [-0.15, -0.1) is 0 Å². The van der Waals surface area contributed by atoms with E-state index >= 15 is 0 Å². The molecule has 0 saturated heterocycles. The largest absolute Gasteiger partial charge is 0.444 e. The SMILES string of the molecule is CN=C(NCC(=O)N(C)CC(F)(F)F)NCc1nc(C)c(C)o1. The molecule has 0 unspecified atom stereocenters. The number of nitrogens with zero attached hydrogens (tertiary/aromatic N) is 3. The molecule has 1 aromatic heterocycles. The Morgan fingerprint density at radius 1 is 1.35 bits per heavy atom. The fourth-order valence-corrected chi connectivity index (χ4v) is 1.65. The van der Waals surface area contributed by atoms with Crippen molar-refractivity contribution in [1.82, 2.24) is 20.5 Å². The summed E-state index contributed by atoms with van der Waals surface area (Å²) < 4.78 is 42.0. The number of halogens is 3. The lowest BCUT2D eigenvalue weighted by molar-refractivity contribution is -0.157. The molecular weight excluding hydrogens is 315 g/mol. The van der Waals surface area contributed by atoms with Crippen molar-refractivity contribution < 1.29 is 22.4 Å². The molecule has 0 aliphatic carbocycles. The summed E-state index contributed by atoms with van der Waals surface area (Å²) in [5, 5.41) is 5.50. The van der Waals surface area contributed by atoms with E-state index in [0.29, 0.717) is 16.6 Å². The number of carbonyl (C=O) groups excluding carboxylic acids is 1. The first-order chi connectivity index (χ1) is 10.6. The van der Waals surface area contributed by atoms with Gasteiger partial charge in [0.15, 0.2) is 5.96 Å². The smallest absolute Gasteiger partial charge is 0.406 e. The Morgan fingerprint density at radius 3 is 2.48 bits per heavy atom. The van der Waals surface area contributed by atoms with Crippen molar-refractivity contribution in [2.45, 2.75) is 26.6 Å². The lowest BCUT2D eigenvalue weighted by Gasteiger charge is -2.19. The molecule has 0 aliphatic heterocycles. The number of hydrogen-bond acceptors (Lipinski definition) is 4. The molecule has 1 heterocycles. The minimum atomic E-state index is -4.43. The van der Waals surface area contributed by atoms with Gasteiger partial charge in [-0.2, -0.15) is 13.2 Å². The van der Waals surface area contributed by atoms with Gasteiger partial charge in [-0.05, 0) is 13.8 Å². The number of oxazole rings is 1. The number of rotatable bonds is 5. The maximum atomic E-state index is 12.2. The van der Waals surface area contributed by atoms with E-state index in [4.69, 9.17) is 4.42 Å². The van der Waals surface area contributed by atoms with Gasteiger partial charge in [-0.25, -0.2) is 4.98 Å². The minimum absolute atomic E-state index is 0.237. The zero-order valence-corrected chi connectivity index (χ0v) is 13.4. The van der Waals surface area contributed by atoms with E-state index in [9.17, 15) is 18.0 Å². The zero-order valence-electron chi connectivity index (χ0n) is 13.4. The second kappa shape index (κ2) is 7.84. The highest BCUT2D eigenvalue weighted by molar-refractivity contribution is 5.86. The number of aliphatic imine (C=N–C) groups is 1. The lowest BCUT2D eigenvalue weighted by Crippen LogP contribution is -2.45. The van der Waals surface area contributed by atoms with Crippen molar-refractivity contribution in [3.8, 4) is 0 Å². The summed E-state index contributed by atoms with van der Waals surface area (Å²) in [7, 11) is 2.57. The van der Waals surface area contributed by atoms with Crippen molar-refractivity contribution in [1.29, 1.82) is 0 Å². The van der Waals surface area contributed by atoms with E-state index in [1.54, 1.807) is 6.92 Å². The summed E-state index contributed by atoms with van der Waals surface area (Å²) >= 11 is 0. The van der Waals surface area contributed by atoms with Crippen LogP contribution in [0, 0.1) is 13.8 Å². The van der Waals surface area contributed by atoms with Crippen molar-refractivity contribution >= 4 is 11.9 Å². The first-order valence-corrected chi connectivity index (χ1v) is 6.80. The highest BCUT2D eigenvalue weighted by atomic mass is 19.4. The molecule has 2 N–H and O–H groups in total. The summed E-state index contributed by atoms with van der Waals surface area (Å²) in [6.45, 7) is 2.23. The summed E-state index contributed by atoms with van der Waals surface area (Å²) in [5.74, 6) is 0.706. The summed E-state index contributed by atoms with van der Waals surface area (Å²) in [5.41, 5.74) is 0.772. The summed E-state index contributed by atoms with van der Waals surface area (Å²) in [4.78, 5) is 20.2. The van der Waals surface area contributed by atoms with Crippen LogP contribution in [0.4, 0.5) is 13.2 Å². The molecule has 1 amide bonds. The monoisotopic (exact) mass is 335 g/mol. The van der Waals surface area contributed by atoms with E-state index < -0.39 is 18.6 Å². The Hall–Kier alpha value is -2.26. The second-order valence-corrected chi connectivity index (χ2v) is 4.89. The number of aryl methyl sites for hydroxylation is 2. The molecule has 0 spiro atoms. The summed E-state index contributed by atoms with van der Waals surface area (Å²) in [6, 6.07) is 0. The van der Waals surface area contributed by atoms with Gasteiger partial charge in [0.05, 0.1) is 18.8 Å². The van der Waals surface area contributed by atoms with Crippen LogP contribution in [-0.4, -0.2) is 55.1 Å². The molecule has 130 valence electrons. The number of alkyl halides is 3. The molecule has 1 rings (SSSR count). The van der Waals surface area contributed by atoms with Crippen molar-refractivity contribution in [2.24, 2.45) is 4.99 Å². The van der Waals surface area contributed by atoms with Gasteiger partial charge in [0.25, 0.3) is 0 Å². The molecule has 0 radical (unpaired) electrons. The third kappa shape index (κ3) is 6.57. The van der Waals surface area contributed by atoms with Crippen LogP contribution in [0.25, 0.3) is 0 Å². The quantitative estimate of drug-likeness (QED) is 0.619. The van der Waals surface area contributed by atoms with Crippen molar-refractivity contribution in [3.63, 3.8) is 0 Å². The van der Waals surface area contributed by atoms with E-state index in [1.165, 1.54) is 7.05 Å². The van der Waals surface area contributed by atoms with Crippen LogP contribution < -0.4 is 10.6 Å². The zero-order chi connectivity index (χ0) is 17.6. The third-order valence-electron chi connectivity index (χ3n) is 2.95. The Bertz CT molecular complexity index is 549. The second-order valence-electron chi connectivity index (χ2n) is 4.89. The molecule has 1 aromatic rings. The molecule has 0 fully saturated rings. The number of aromatic nitrogens is 1. The Balaban J connectivity index is 2.43. The van der Waals surface area contributed by atoms with Gasteiger partial charge in [-0.3, -0.25) is 9.79 Å². The molecular formula is C13H20F3N5O2. The van der Waals surface area contributed by atoms with E-state index in [-0.39, 0.29) is 19.0 Å². The number of likely N-dealkylation sites (N-methyl/N-ethyl adjacent to an activating group) is 1. The van der Waals surface area contributed by atoms with Gasteiger partial charge >= 0.3 is 6.18 Å². The first kappa shape index (κ1) is 18.8. The molecule has 23 heavy (non-hydrogen) atoms. The Morgan fingerprint density at radius 2 is 2.00 bits per heavy atom. The van der Waals surface area contributed by atoms with Gasteiger partial charge in [-0.1, -0.05) is 0 Å². The Kier molecular flexibility index (Phi) is 6.40. The normalized spacial score (nSPS) is 12.2. The molecule has 0 aromatic carbocycles. The molecule has 10 heteroatoms. The Labute approximate surface area is 132 Å². The number of hydrogen-bond donors (Lipinski definition) is 2. The molecule has 0 bridgehead atoms. The predicted molar refractivity (Wildman–Crippen MR) is 77.9 cm³/mol. The lowest BCUT2D eigenvalue weighted by atomic mass is 10.4. The fourth-order valence-electron chi connectivity index (χ4n) is 1.65. The van der Waals surface area contributed by atoms with Crippen LogP contribution in [0.15, 0.2) is 9.41 Å². The van der Waals surface area contributed by atoms with Gasteiger partial charge < -0.3 is 20.0 Å². The molecule has 0 saturated carbocycles. The fraction of sp³-hybridized carbons (Fsp3) is 0.615. The average Bonchev–Trinajstić information content (AvgIpc) is 2.75. The van der Waals surface area contributed by atoms with Gasteiger partial charge in [0.2, 0.25) is 11.8 Å². The first-order valence-electron chi connectivity index (χ1n) is 6.80. The van der Waals surface area contributed by atoms with Gasteiger partial charge in [0, 0.05) is 14.1 Å². The van der Waals surface area contributed by atoms with E-state index in [1.807, 2.05) is 6.92 Å². The van der Waals surface area contributed by atoms with Crippen LogP contribution in [0.3, 0.4) is 0 Å². The number of guanidine groups is 1. The number of carbonyl (C=O) groups is 1. The topological polar surface area (TPSA) is 82.8 Å². The molecule has 0 aliphatic rings. The molecule has 7 nitrogen and oxygen atoms in total. The van der Waals surface area contributed by atoms with E-state index in [2.05, 4.69) is 20.6 Å². The highest BCUT2D eigenvalue weighted by Crippen LogP contribution is 2.15. The van der Waals surface area contributed by atoms with E-state index in [0.717, 1.165) is 12.7 Å². The third-order valence-corrected chi connectivity index (χ3v) is 2.95. The number of amides is 1. The number of nitrogens with one attached hydrogen (secondary N) is 2. The van der Waals surface area contributed by atoms with Gasteiger partial charge in [0.1, 0.15) is 12.3 Å². The van der Waals surface area contributed by atoms with Crippen LogP contribution in [0.1, 0.15) is 17.3 Å². The average molecular weight is 335 g/mol. The van der Waals surface area contributed by atoms with Crippen molar-refractivity contribution in [2.75, 3.05) is 27.2 Å². The standard InChI is InChI=1S/C13H20F3N5O2/c1-8-9(2)23-10(20-8)5-18-12(17-3)19-6-11(22)21(4)7-13(14,15)16/h5-7H2,1-4H3,(H2,17,18,19). The van der Waals surface area contributed by atoms with Crippen LogP contribution >= 0.6 is 0 Å². The van der Waals surface area contributed by atoms with Crippen molar-refractivity contribution in [3.05, 3.63) is 17.3 Å². The van der Waals surface area contributed by atoms with Crippen LogP contribution in [0.2, 0.25) is 0 Å². The maximum Gasteiger partial charge on any atom is 0.406 e. The highest BCUT2D eigenvalue weighted by Gasteiger charge is 2.31. The minimum Gasteiger partial charge on any atom is -0.444 e. The maximum absolute atomic E-state index is 12.2. The predicted octanol–water partition coefficient (Wildman–Crippen LogP) is 0.977. The van der Waals surface area contributed by atoms with Crippen LogP contribution in [-0.2, 0) is 11.3 Å². The molecule has 0 atom stereocenters.